The Hall–Kier alpha value is -3.04. The lowest BCUT2D eigenvalue weighted by Crippen LogP contribution is -2.31. The number of hydrogen-bond donors (Lipinski definition) is 1. The van der Waals surface area contributed by atoms with E-state index in [1.165, 1.54) is 24.3 Å². The number of esters is 2. The Morgan fingerprint density at radius 3 is 2.14 bits per heavy atom. The van der Waals surface area contributed by atoms with Gasteiger partial charge in [-0.05, 0) is 31.2 Å². The standard InChI is InChI=1S/C19H19NO7S/c1-2-26-19(23)15-8-10-16(11-9-15)28(24,25)20-12-18(22)27-13-17(21)14-6-4-3-5-7-14/h3-11,20H,2,12-13H2,1H3. The van der Waals surface area contributed by atoms with Gasteiger partial charge in [0.05, 0.1) is 17.1 Å². The van der Waals surface area contributed by atoms with Crippen molar-refractivity contribution in [3.8, 4) is 0 Å². The number of benzene rings is 2. The fourth-order valence-corrected chi connectivity index (χ4v) is 3.10. The van der Waals surface area contributed by atoms with Crippen molar-refractivity contribution in [3.05, 3.63) is 65.7 Å². The molecule has 9 heteroatoms. The molecule has 0 fully saturated rings. The second kappa shape index (κ2) is 9.77. The number of carbonyl (C=O) groups is 3. The van der Waals surface area contributed by atoms with Gasteiger partial charge in [-0.2, -0.15) is 4.72 Å². The molecule has 0 spiro atoms. The predicted molar refractivity (Wildman–Crippen MR) is 99.3 cm³/mol. The van der Waals surface area contributed by atoms with Gasteiger partial charge in [-0.3, -0.25) is 9.59 Å². The topological polar surface area (TPSA) is 116 Å². The molecule has 0 atom stereocenters. The number of ketones is 1. The molecule has 1 N–H and O–H groups in total. The molecular weight excluding hydrogens is 386 g/mol. The van der Waals surface area contributed by atoms with E-state index in [0.717, 1.165) is 0 Å². The number of rotatable bonds is 9. The summed E-state index contributed by atoms with van der Waals surface area (Å²) in [6.45, 7) is 0.741. The van der Waals surface area contributed by atoms with Crippen LogP contribution in [0.15, 0.2) is 59.5 Å². The molecule has 0 saturated heterocycles. The molecule has 148 valence electrons. The average Bonchev–Trinajstić information content (AvgIpc) is 2.71. The molecule has 0 heterocycles. The molecule has 28 heavy (non-hydrogen) atoms. The highest BCUT2D eigenvalue weighted by Crippen LogP contribution is 2.11. The van der Waals surface area contributed by atoms with E-state index in [4.69, 9.17) is 9.47 Å². The van der Waals surface area contributed by atoms with Gasteiger partial charge >= 0.3 is 11.9 Å². The first-order valence-corrected chi connectivity index (χ1v) is 9.82. The fourth-order valence-electron chi connectivity index (χ4n) is 2.13. The third kappa shape index (κ3) is 6.00. The van der Waals surface area contributed by atoms with Gasteiger partial charge < -0.3 is 9.47 Å². The second-order valence-corrected chi connectivity index (χ2v) is 7.29. The first-order chi connectivity index (χ1) is 13.3. The monoisotopic (exact) mass is 405 g/mol. The lowest BCUT2D eigenvalue weighted by atomic mass is 10.1. The van der Waals surface area contributed by atoms with Crippen molar-refractivity contribution < 1.29 is 32.3 Å². The lowest BCUT2D eigenvalue weighted by molar-refractivity contribution is -0.141. The summed E-state index contributed by atoms with van der Waals surface area (Å²) in [5, 5.41) is 0. The van der Waals surface area contributed by atoms with Gasteiger partial charge in [-0.15, -0.1) is 0 Å². The zero-order valence-corrected chi connectivity index (χ0v) is 15.9. The SMILES string of the molecule is CCOC(=O)c1ccc(S(=O)(=O)NCC(=O)OCC(=O)c2ccccc2)cc1. The first-order valence-electron chi connectivity index (χ1n) is 8.34. The molecule has 2 rings (SSSR count). The quantitative estimate of drug-likeness (QED) is 0.497. The maximum Gasteiger partial charge on any atom is 0.338 e. The Morgan fingerprint density at radius 2 is 1.54 bits per heavy atom. The third-order valence-corrected chi connectivity index (χ3v) is 4.96. The van der Waals surface area contributed by atoms with Crippen LogP contribution >= 0.6 is 0 Å². The van der Waals surface area contributed by atoms with Crippen LogP contribution in [0.3, 0.4) is 0 Å². The molecule has 0 saturated carbocycles. The van der Waals surface area contributed by atoms with Crippen LogP contribution in [0.4, 0.5) is 0 Å². The number of hydrogen-bond acceptors (Lipinski definition) is 7. The van der Waals surface area contributed by atoms with Crippen LogP contribution in [-0.4, -0.2) is 45.9 Å². The van der Waals surface area contributed by atoms with Crippen molar-refractivity contribution in [2.24, 2.45) is 0 Å². The summed E-state index contributed by atoms with van der Waals surface area (Å²) < 4.78 is 36.1. The normalized spacial score (nSPS) is 10.9. The van der Waals surface area contributed by atoms with Crippen LogP contribution in [0.1, 0.15) is 27.6 Å². The molecule has 0 bridgehead atoms. The molecule has 0 unspecified atom stereocenters. The maximum absolute atomic E-state index is 12.2. The zero-order chi connectivity index (χ0) is 20.6. The van der Waals surface area contributed by atoms with Gasteiger partial charge in [-0.25, -0.2) is 13.2 Å². The van der Waals surface area contributed by atoms with Crippen molar-refractivity contribution in [1.82, 2.24) is 4.72 Å². The van der Waals surface area contributed by atoms with Crippen molar-refractivity contribution in [2.75, 3.05) is 19.8 Å². The number of Topliss-reactive ketones (excluding diaryl/α,β-unsaturated/α-hetero) is 1. The van der Waals surface area contributed by atoms with E-state index in [0.29, 0.717) is 5.56 Å². The van der Waals surface area contributed by atoms with Crippen LogP contribution in [0.25, 0.3) is 0 Å². The number of nitrogens with one attached hydrogen (secondary N) is 1. The zero-order valence-electron chi connectivity index (χ0n) is 15.1. The third-order valence-electron chi connectivity index (χ3n) is 3.54. The lowest BCUT2D eigenvalue weighted by Gasteiger charge is -2.08. The Kier molecular flexibility index (Phi) is 7.42. The first kappa shape index (κ1) is 21.3. The molecule has 2 aromatic rings. The predicted octanol–water partition coefficient (Wildman–Crippen LogP) is 1.57. The summed E-state index contributed by atoms with van der Waals surface area (Å²) in [6.07, 6.45) is 0. The van der Waals surface area contributed by atoms with Crippen LogP contribution in [-0.2, 0) is 24.3 Å². The molecule has 0 amide bonds. The minimum Gasteiger partial charge on any atom is -0.462 e. The second-order valence-electron chi connectivity index (χ2n) is 5.52. The van der Waals surface area contributed by atoms with Crippen molar-refractivity contribution in [2.45, 2.75) is 11.8 Å². The van der Waals surface area contributed by atoms with E-state index in [9.17, 15) is 22.8 Å². The van der Waals surface area contributed by atoms with E-state index in [1.807, 2.05) is 0 Å². The Balaban J connectivity index is 1.87. The van der Waals surface area contributed by atoms with Gasteiger partial charge in [0.25, 0.3) is 0 Å². The largest absolute Gasteiger partial charge is 0.462 e. The summed E-state index contributed by atoms with van der Waals surface area (Å²) in [4.78, 5) is 35.0. The fraction of sp³-hybridized carbons (Fsp3) is 0.211. The molecule has 0 aliphatic rings. The molecule has 8 nitrogen and oxygen atoms in total. The summed E-state index contributed by atoms with van der Waals surface area (Å²) >= 11 is 0. The van der Waals surface area contributed by atoms with Gasteiger partial charge in [-0.1, -0.05) is 30.3 Å². The number of carbonyl (C=O) groups excluding carboxylic acids is 3. The van der Waals surface area contributed by atoms with Crippen molar-refractivity contribution in [3.63, 3.8) is 0 Å². The van der Waals surface area contributed by atoms with Crippen LogP contribution in [0, 0.1) is 0 Å². The summed E-state index contributed by atoms with van der Waals surface area (Å²) in [7, 11) is -3.99. The summed E-state index contributed by atoms with van der Waals surface area (Å²) in [5.41, 5.74) is 0.595. The molecule has 0 radical (unpaired) electrons. The van der Waals surface area contributed by atoms with Crippen LogP contribution < -0.4 is 4.72 Å². The van der Waals surface area contributed by atoms with Gasteiger partial charge in [0.1, 0.15) is 6.54 Å². The highest BCUT2D eigenvalue weighted by atomic mass is 32.2. The van der Waals surface area contributed by atoms with E-state index >= 15 is 0 Å². The molecule has 0 aliphatic carbocycles. The molecule has 2 aromatic carbocycles. The van der Waals surface area contributed by atoms with Gasteiger partial charge in [0.2, 0.25) is 10.0 Å². The molecule has 0 aliphatic heterocycles. The van der Waals surface area contributed by atoms with Crippen LogP contribution in [0.2, 0.25) is 0 Å². The van der Waals surface area contributed by atoms with E-state index in [1.54, 1.807) is 37.3 Å². The smallest absolute Gasteiger partial charge is 0.338 e. The average molecular weight is 405 g/mol. The Bertz CT molecular complexity index is 938. The van der Waals surface area contributed by atoms with E-state index in [2.05, 4.69) is 4.72 Å². The number of sulfonamides is 1. The summed E-state index contributed by atoms with van der Waals surface area (Å²) in [6, 6.07) is 13.3. The van der Waals surface area contributed by atoms with Crippen LogP contribution in [0.5, 0.6) is 0 Å². The van der Waals surface area contributed by atoms with E-state index < -0.39 is 40.9 Å². The van der Waals surface area contributed by atoms with Gasteiger partial charge in [0, 0.05) is 5.56 Å². The molecular formula is C19H19NO7S. The van der Waals surface area contributed by atoms with Gasteiger partial charge in [0.15, 0.2) is 12.4 Å². The highest BCUT2D eigenvalue weighted by Gasteiger charge is 2.18. The Morgan fingerprint density at radius 1 is 0.893 bits per heavy atom. The summed E-state index contributed by atoms with van der Waals surface area (Å²) in [5.74, 6) is -1.85. The Labute approximate surface area is 162 Å². The maximum atomic E-state index is 12.2. The minimum absolute atomic E-state index is 0.131. The minimum atomic E-state index is -3.99. The van der Waals surface area contributed by atoms with Crippen molar-refractivity contribution in [1.29, 1.82) is 0 Å². The molecule has 0 aromatic heterocycles. The highest BCUT2D eigenvalue weighted by molar-refractivity contribution is 7.89. The van der Waals surface area contributed by atoms with Crippen molar-refractivity contribution >= 4 is 27.7 Å². The number of ether oxygens (including phenoxy) is 2. The van der Waals surface area contributed by atoms with E-state index in [-0.39, 0.29) is 17.1 Å².